The van der Waals surface area contributed by atoms with Crippen LogP contribution in [0.1, 0.15) is 0 Å². The van der Waals surface area contributed by atoms with Crippen molar-refractivity contribution in [1.29, 1.82) is 0 Å². The van der Waals surface area contributed by atoms with Crippen LogP contribution >= 0.6 is 0 Å². The van der Waals surface area contributed by atoms with Crippen molar-refractivity contribution in [3.63, 3.8) is 0 Å². The summed E-state index contributed by atoms with van der Waals surface area (Å²) >= 11 is 0. The Morgan fingerprint density at radius 1 is 0.917 bits per heavy atom. The Kier molecular flexibility index (Phi) is 12.5. The smallest absolute Gasteiger partial charge is 0.746 e. The van der Waals surface area contributed by atoms with Gasteiger partial charge in [-0.15, -0.1) is 0 Å². The first-order valence-corrected chi connectivity index (χ1v) is 4.75. The van der Waals surface area contributed by atoms with Gasteiger partial charge in [-0.3, -0.25) is 0 Å². The molecule has 0 aliphatic heterocycles. The molecular formula is CH3K2NO6S2. The molecule has 0 rings (SSSR count). The minimum atomic E-state index is -5.23. The van der Waals surface area contributed by atoms with Gasteiger partial charge in [0.25, 0.3) is 0 Å². The molecule has 0 unspecified atom stereocenters. The maximum Gasteiger partial charge on any atom is 1.00 e. The van der Waals surface area contributed by atoms with E-state index in [4.69, 9.17) is 0 Å². The minimum absolute atomic E-state index is 0. The van der Waals surface area contributed by atoms with Crippen LogP contribution in [-0.2, 0) is 20.2 Å². The van der Waals surface area contributed by atoms with Crippen molar-refractivity contribution in [2.75, 3.05) is 0 Å². The third-order valence-electron chi connectivity index (χ3n) is 0.569. The molecule has 0 amide bonds. The fraction of sp³-hybridized carbons (Fsp3) is 1.00. The molecule has 0 saturated carbocycles. The van der Waals surface area contributed by atoms with Crippen molar-refractivity contribution in [1.82, 2.24) is 0 Å². The molecule has 0 heterocycles. The second-order valence-electron chi connectivity index (χ2n) is 1.35. The maximum absolute atomic E-state index is 9.72. The van der Waals surface area contributed by atoms with E-state index in [1.54, 1.807) is 0 Å². The predicted molar refractivity (Wildman–Crippen MR) is 27.4 cm³/mol. The fourth-order valence-corrected chi connectivity index (χ4v) is 1.30. The van der Waals surface area contributed by atoms with Gasteiger partial charge < -0.3 is 14.8 Å². The Balaban J connectivity index is -0.000000405. The van der Waals surface area contributed by atoms with Crippen molar-refractivity contribution in [2.24, 2.45) is 5.73 Å². The summed E-state index contributed by atoms with van der Waals surface area (Å²) < 4.78 is 55.4. The molecule has 0 aromatic carbocycles. The zero-order valence-electron chi connectivity index (χ0n) is 6.42. The van der Waals surface area contributed by atoms with Crippen LogP contribution in [0.2, 0.25) is 0 Å². The fourth-order valence-electron chi connectivity index (χ4n) is 0.144. The number of rotatable bonds is 2. The largest absolute Gasteiger partial charge is 1.00 e. The zero-order valence-corrected chi connectivity index (χ0v) is 14.3. The van der Waals surface area contributed by atoms with Gasteiger partial charge in [0.15, 0.2) is 4.71 Å². The summed E-state index contributed by atoms with van der Waals surface area (Å²) in [5, 5.41) is 0. The zero-order chi connectivity index (χ0) is 8.58. The van der Waals surface area contributed by atoms with Gasteiger partial charge in [0.05, 0.1) is 0 Å². The molecule has 0 aliphatic carbocycles. The van der Waals surface area contributed by atoms with Gasteiger partial charge in [-0.25, -0.2) is 16.8 Å². The third-order valence-corrected chi connectivity index (χ3v) is 3.12. The Morgan fingerprint density at radius 2 is 1.08 bits per heavy atom. The summed E-state index contributed by atoms with van der Waals surface area (Å²) in [7, 11) is -10.5. The first-order chi connectivity index (χ1) is 4.15. The van der Waals surface area contributed by atoms with Gasteiger partial charge in [-0.2, -0.15) is 0 Å². The number of hydrogen-bond acceptors (Lipinski definition) is 7. The number of nitrogens with two attached hydrogens (primary N) is 1. The topological polar surface area (TPSA) is 140 Å². The minimum Gasteiger partial charge on any atom is -0.746 e. The van der Waals surface area contributed by atoms with Crippen molar-refractivity contribution in [2.45, 2.75) is 4.71 Å². The molecule has 0 fully saturated rings. The summed E-state index contributed by atoms with van der Waals surface area (Å²) in [6.07, 6.45) is 0. The quantitative estimate of drug-likeness (QED) is 0.387. The van der Waals surface area contributed by atoms with E-state index < -0.39 is 24.9 Å². The molecule has 0 aliphatic rings. The van der Waals surface area contributed by atoms with Crippen molar-refractivity contribution >= 4 is 20.2 Å². The Morgan fingerprint density at radius 3 is 1.08 bits per heavy atom. The standard InChI is InChI=1S/CH5NO6S2.2K/c2-1(9(3,4)5)10(6,7)8;;/h1H,2H2,(H,3,4,5)(H,6,7,8);;/q;2*+1/p-2. The van der Waals surface area contributed by atoms with Crippen LogP contribution in [0.3, 0.4) is 0 Å². The second kappa shape index (κ2) is 7.35. The van der Waals surface area contributed by atoms with Gasteiger partial charge in [-0.1, -0.05) is 0 Å². The SMILES string of the molecule is NC(S(=O)(=O)[O-])S(=O)(=O)[O-].[K+].[K+]. The molecule has 11 heteroatoms. The molecule has 12 heavy (non-hydrogen) atoms. The summed E-state index contributed by atoms with van der Waals surface area (Å²) in [5.41, 5.74) is 4.23. The third kappa shape index (κ3) is 8.37. The first-order valence-electron chi connectivity index (χ1n) is 1.80. The summed E-state index contributed by atoms with van der Waals surface area (Å²) in [6.45, 7) is 0. The Bertz CT molecular complexity index is 272. The average molecular weight is 267 g/mol. The summed E-state index contributed by atoms with van der Waals surface area (Å²) in [6, 6.07) is 0. The van der Waals surface area contributed by atoms with Crippen LogP contribution < -0.4 is 109 Å². The van der Waals surface area contributed by atoms with E-state index >= 15 is 0 Å². The molecule has 0 aromatic heterocycles. The molecule has 0 saturated heterocycles. The molecule has 62 valence electrons. The molecular weight excluding hydrogens is 264 g/mol. The van der Waals surface area contributed by atoms with E-state index in [9.17, 15) is 25.9 Å². The van der Waals surface area contributed by atoms with Crippen LogP contribution in [0.25, 0.3) is 0 Å². The second-order valence-corrected chi connectivity index (χ2v) is 4.64. The summed E-state index contributed by atoms with van der Waals surface area (Å²) in [5.74, 6) is 0. The molecule has 0 aromatic rings. The van der Waals surface area contributed by atoms with Crippen molar-refractivity contribution in [3.8, 4) is 0 Å². The van der Waals surface area contributed by atoms with E-state index in [1.165, 1.54) is 0 Å². The van der Waals surface area contributed by atoms with Crippen molar-refractivity contribution in [3.05, 3.63) is 0 Å². The van der Waals surface area contributed by atoms with E-state index in [1.807, 2.05) is 0 Å². The molecule has 0 spiro atoms. The average Bonchev–Trinajstić information content (AvgIpc) is 1.59. The molecule has 2 N–H and O–H groups in total. The van der Waals surface area contributed by atoms with Gasteiger partial charge in [-0.05, 0) is 0 Å². The molecule has 0 atom stereocenters. The molecule has 0 radical (unpaired) electrons. The normalized spacial score (nSPS) is 11.7. The van der Waals surface area contributed by atoms with Gasteiger partial charge in [0.1, 0.15) is 20.2 Å². The number of hydrogen-bond donors (Lipinski definition) is 1. The van der Waals surface area contributed by atoms with Crippen LogP contribution in [-0.4, -0.2) is 30.6 Å². The monoisotopic (exact) mass is 267 g/mol. The van der Waals surface area contributed by atoms with Crippen LogP contribution in [0.5, 0.6) is 0 Å². The van der Waals surface area contributed by atoms with E-state index in [0.717, 1.165) is 0 Å². The molecule has 0 bridgehead atoms. The Hall–Kier alpha value is 3.05. The van der Waals surface area contributed by atoms with Crippen LogP contribution in [0.15, 0.2) is 0 Å². The Labute approximate surface area is 155 Å². The first kappa shape index (κ1) is 20.5. The van der Waals surface area contributed by atoms with Crippen LogP contribution in [0, 0.1) is 0 Å². The van der Waals surface area contributed by atoms with Gasteiger partial charge in [0, 0.05) is 0 Å². The summed E-state index contributed by atoms with van der Waals surface area (Å²) in [4.78, 5) is 0. The van der Waals surface area contributed by atoms with Crippen LogP contribution in [0.4, 0.5) is 0 Å². The van der Waals surface area contributed by atoms with E-state index in [0.29, 0.717) is 0 Å². The van der Waals surface area contributed by atoms with Crippen molar-refractivity contribution < 1.29 is 129 Å². The predicted octanol–water partition coefficient (Wildman–Crippen LogP) is -8.67. The van der Waals surface area contributed by atoms with Gasteiger partial charge in [0.2, 0.25) is 0 Å². The van der Waals surface area contributed by atoms with E-state index in [-0.39, 0.29) is 103 Å². The van der Waals surface area contributed by atoms with E-state index in [2.05, 4.69) is 5.73 Å². The maximum atomic E-state index is 9.72. The van der Waals surface area contributed by atoms with Gasteiger partial charge >= 0.3 is 103 Å². The molecule has 7 nitrogen and oxygen atoms in total.